The van der Waals surface area contributed by atoms with Crippen LogP contribution >= 0.6 is 12.6 Å². The molecule has 1 saturated heterocycles. The lowest BCUT2D eigenvalue weighted by molar-refractivity contribution is -0.143. The summed E-state index contributed by atoms with van der Waals surface area (Å²) in [5.74, 6) is -12.2. The van der Waals surface area contributed by atoms with Crippen molar-refractivity contribution >= 4 is 90.1 Å². The van der Waals surface area contributed by atoms with Crippen LogP contribution in [0.3, 0.4) is 0 Å². The molecule has 1 aliphatic rings. The molecular formula is C48H98N16O26S. The molecule has 43 heteroatoms. The fourth-order valence-electron chi connectivity index (χ4n) is 4.70. The van der Waals surface area contributed by atoms with Crippen LogP contribution < -0.4 is 79.6 Å². The van der Waals surface area contributed by atoms with Crippen LogP contribution in [0.1, 0.15) is 103 Å². The predicted molar refractivity (Wildman–Crippen MR) is 323 cm³/mol. The molecule has 2 rings (SSSR count). The largest absolute Gasteiger partial charge is 0.481 e. The topological polar surface area (TPSA) is 850 Å². The van der Waals surface area contributed by atoms with Crippen molar-refractivity contribution in [3.05, 3.63) is 18.2 Å². The van der Waals surface area contributed by atoms with Gasteiger partial charge in [-0.25, -0.2) is 4.98 Å². The van der Waals surface area contributed by atoms with Crippen LogP contribution in [0, 0.1) is 5.92 Å². The number of thiol groups is 1. The maximum atomic E-state index is 10.3. The number of H-pyrrole nitrogens is 1. The first kappa shape index (κ1) is 99.3. The number of imidazole rings is 1. The zero-order valence-corrected chi connectivity index (χ0v) is 51.3. The van der Waals surface area contributed by atoms with Gasteiger partial charge in [0.1, 0.15) is 54.4 Å². The number of nitrogens with two attached hydrogens (primary N) is 12. The van der Waals surface area contributed by atoms with E-state index >= 15 is 0 Å². The van der Waals surface area contributed by atoms with Crippen molar-refractivity contribution in [2.75, 3.05) is 31.9 Å². The highest BCUT2D eigenvalue weighted by Gasteiger charge is 2.27. The fourth-order valence-corrected chi connectivity index (χ4v) is 4.85. The van der Waals surface area contributed by atoms with Crippen molar-refractivity contribution in [3.8, 4) is 0 Å². The maximum Gasteiger partial charge on any atom is 0.323 e. The Hall–Kier alpha value is -7.89. The first-order valence-corrected chi connectivity index (χ1v) is 27.4. The number of unbranched alkanes of at least 4 members (excludes halogenated alkanes) is 2. The number of aromatic amines is 1. The molecule has 91 heavy (non-hydrogen) atoms. The Kier molecular flexibility index (Phi) is 69.5. The van der Waals surface area contributed by atoms with Crippen LogP contribution in [-0.2, 0) is 68.7 Å². The number of carbonyl (C=O) groups excluding carboxylic acids is 2. The number of β-amino-alcohol motifs (C(OH)–C–C–N with tert-alkyl or cyclic N) is 1. The van der Waals surface area contributed by atoms with Crippen molar-refractivity contribution in [2.45, 2.75) is 164 Å². The Bertz CT molecular complexity index is 2150. The monoisotopic (exact) mass is 1350 g/mol. The lowest BCUT2D eigenvalue weighted by atomic mass is 10.0. The number of aliphatic carboxylic acids is 11. The average Bonchev–Trinajstić information content (AvgIpc) is 3.09. The molecule has 2 heterocycles. The molecular weight excluding hydrogens is 1250 g/mol. The van der Waals surface area contributed by atoms with Crippen LogP contribution in [0.15, 0.2) is 12.5 Å². The van der Waals surface area contributed by atoms with Crippen LogP contribution in [0.25, 0.3) is 0 Å². The lowest BCUT2D eigenvalue weighted by Gasteiger charge is -2.11. The molecule has 1 aromatic rings. The summed E-state index contributed by atoms with van der Waals surface area (Å²) in [6, 6.07) is -7.69. The third-order valence-corrected chi connectivity index (χ3v) is 10.8. The highest BCUT2D eigenvalue weighted by atomic mass is 32.1. The summed E-state index contributed by atoms with van der Waals surface area (Å²) in [6.07, 6.45) is 7.65. The van der Waals surface area contributed by atoms with Gasteiger partial charge in [-0.1, -0.05) is 26.7 Å². The third-order valence-electron chi connectivity index (χ3n) is 10.4. The molecule has 0 saturated carbocycles. The summed E-state index contributed by atoms with van der Waals surface area (Å²) in [7, 11) is 0. The number of nitrogens with one attached hydrogen (secondary N) is 3. The van der Waals surface area contributed by atoms with E-state index in [0.717, 1.165) is 31.4 Å². The van der Waals surface area contributed by atoms with Gasteiger partial charge in [0.15, 0.2) is 0 Å². The Morgan fingerprint density at radius 1 is 0.582 bits per heavy atom. The van der Waals surface area contributed by atoms with Gasteiger partial charge >= 0.3 is 65.7 Å². The van der Waals surface area contributed by atoms with Crippen molar-refractivity contribution in [2.24, 2.45) is 74.7 Å². The second-order valence-corrected chi connectivity index (χ2v) is 18.7. The summed E-state index contributed by atoms with van der Waals surface area (Å²) in [5.41, 5.74) is 62.5. The molecule has 0 aliphatic carbocycles. The second-order valence-electron chi connectivity index (χ2n) is 18.4. The molecule has 1 aromatic heterocycles. The highest BCUT2D eigenvalue weighted by Crippen LogP contribution is 2.06. The molecule has 532 valence electrons. The number of carboxylic acid groups (broad SMARTS) is 11. The second kappa shape index (κ2) is 63.7. The van der Waals surface area contributed by atoms with Crippen LogP contribution in [-0.4, -0.2) is 246 Å². The van der Waals surface area contributed by atoms with E-state index in [9.17, 15) is 62.3 Å². The number of aliphatic hydroxyl groups excluding tert-OH is 1. The number of carbonyl (C=O) groups is 13. The van der Waals surface area contributed by atoms with E-state index in [-0.39, 0.29) is 56.7 Å². The van der Waals surface area contributed by atoms with Gasteiger partial charge in [0.25, 0.3) is 0 Å². The molecule has 2 amide bonds. The molecule has 1 fully saturated rings. The van der Waals surface area contributed by atoms with Crippen molar-refractivity contribution in [1.82, 2.24) is 20.8 Å². The number of aliphatic hydroxyl groups is 1. The van der Waals surface area contributed by atoms with E-state index in [1.807, 2.05) is 13.8 Å². The summed E-state index contributed by atoms with van der Waals surface area (Å²) in [4.78, 5) is 136. The number of aromatic nitrogens is 2. The number of rotatable bonds is 32. The van der Waals surface area contributed by atoms with E-state index in [1.165, 1.54) is 6.33 Å². The Morgan fingerprint density at radius 3 is 1.23 bits per heavy atom. The van der Waals surface area contributed by atoms with Gasteiger partial charge in [-0.15, -0.1) is 0 Å². The summed E-state index contributed by atoms with van der Waals surface area (Å²) >= 11 is 3.65. The first-order valence-electron chi connectivity index (χ1n) is 26.8. The number of hydrogen-bond acceptors (Lipinski definition) is 29. The van der Waals surface area contributed by atoms with E-state index in [4.69, 9.17) is 124 Å². The first-order chi connectivity index (χ1) is 41.9. The molecule has 0 aromatic carbocycles. The standard InChI is InChI=1S/C6H9N3O2.C6H14N2O3.C6H14N2O2.C6H13NO2.C5H10N2O3.C5H9NO4.C5H9NO3.C4H8N2O3.C3H7NO2S.C2H5NO2/c7-5(6(10)11)1-4-2-8-3-9-4;7-4-2-1-3-5(8-11)6(9)10;7-4-2-1-3-5(8)6(9)10;1-3-4(2)5(7)6(8)9;2*6-3(5(9)10)1-2-4(7)8;7-3-1-4(5(8)9)6-2-3;5-2(4(8)9)1-3(6)7;4-2(1-7)3(5)6;3-1-2(4)5/h2-3,5H,1,7H2,(H,8,9)(H,10,11);5,8,11H,1-4,7H2,(H,9,10);5H,1-4,7-8H2,(H,9,10);4-5H,3,7H2,1-2H3,(H,8,9);3H,1-2,6H2,(H2,7,8)(H,9,10);3H,1-2,6H2,(H,7,8)(H,9,10);3-4,6-7H,1-2H2,(H,8,9);2H,1,5H2,(H2,6,7)(H,8,9);2,7H,1,4H2,(H,5,6);1,3H2,(H,4,5)/t3*5-;4-,5-;2*3-;3?,4-;2*2-;/m000000000./s1. The maximum absolute atomic E-state index is 10.3. The summed E-state index contributed by atoms with van der Waals surface area (Å²) in [5, 5.41) is 110. The van der Waals surface area contributed by atoms with Gasteiger partial charge in [-0.3, -0.25) is 62.3 Å². The van der Waals surface area contributed by atoms with Crippen LogP contribution in [0.2, 0.25) is 0 Å². The molecule has 1 aliphatic heterocycles. The smallest absolute Gasteiger partial charge is 0.323 e. The molecule has 0 radical (unpaired) electrons. The molecule has 0 spiro atoms. The molecule has 1 unspecified atom stereocenters. The van der Waals surface area contributed by atoms with E-state index in [0.29, 0.717) is 45.3 Å². The van der Waals surface area contributed by atoms with E-state index < -0.39 is 138 Å². The lowest BCUT2D eigenvalue weighted by Crippen LogP contribution is -2.36. The average molecular weight is 1350 g/mol. The number of amides is 2. The molecule has 11 atom stereocenters. The number of nitrogens with zero attached hydrogens (tertiary/aromatic N) is 1. The van der Waals surface area contributed by atoms with Gasteiger partial charge in [-0.2, -0.15) is 18.1 Å². The van der Waals surface area contributed by atoms with Gasteiger partial charge in [0, 0.05) is 49.9 Å². The van der Waals surface area contributed by atoms with E-state index in [1.54, 1.807) is 11.7 Å². The van der Waals surface area contributed by atoms with Gasteiger partial charge in [-0.05, 0) is 64.0 Å². The number of hydroxylamine groups is 1. The third kappa shape index (κ3) is 74.5. The number of hydrogen-bond donors (Lipinski definition) is 29. The minimum Gasteiger partial charge on any atom is -0.481 e. The minimum absolute atomic E-state index is 0.0213. The van der Waals surface area contributed by atoms with Gasteiger partial charge in [0.2, 0.25) is 11.8 Å². The summed E-state index contributed by atoms with van der Waals surface area (Å²) < 4.78 is 0. The Balaban J connectivity index is -0.000000141. The predicted octanol–water partition coefficient (Wildman–Crippen LogP) is -7.76. The molecule has 42 nitrogen and oxygen atoms in total. The Morgan fingerprint density at radius 2 is 1.00 bits per heavy atom. The van der Waals surface area contributed by atoms with Gasteiger partial charge in [0.05, 0.1) is 25.4 Å². The summed E-state index contributed by atoms with van der Waals surface area (Å²) in [6.45, 7) is 5.04. The van der Waals surface area contributed by atoms with Crippen molar-refractivity contribution in [1.29, 1.82) is 0 Å². The van der Waals surface area contributed by atoms with Crippen LogP contribution in [0.5, 0.6) is 0 Å². The minimum atomic E-state index is -1.21. The van der Waals surface area contributed by atoms with Crippen molar-refractivity contribution in [3.63, 3.8) is 0 Å². The SMILES string of the molecule is CC[C@H](C)[C@H](N)C(=O)O.NC(=O)CC[C@H](N)C(=O)O.NC(=O)C[C@H](N)C(=O)O.NCC(=O)O.NCCCC[C@H](N)C(=O)O.NCCCC[C@H](NO)C(=O)O.N[C@@H](CCC(=O)O)C(=O)O.N[C@@H](CS)C(=O)O.N[C@@H](Cc1cnc[nH]1)C(=O)O.O=C(O)[C@@H]1CC(O)CN1. The molecule has 0 bridgehead atoms. The zero-order valence-electron chi connectivity index (χ0n) is 50.4. The van der Waals surface area contributed by atoms with E-state index in [2.05, 4.69) is 39.4 Å². The number of primary amides is 2. The van der Waals surface area contributed by atoms with Crippen LogP contribution in [0.4, 0.5) is 0 Å². The number of carboxylic acids is 11. The fraction of sp³-hybridized carbons (Fsp3) is 0.667. The zero-order chi connectivity index (χ0) is 73.1. The van der Waals surface area contributed by atoms with Gasteiger partial charge < -0.3 is 146 Å². The quantitative estimate of drug-likeness (QED) is 0.0181. The normalized spacial score (nSPS) is 15.1. The Labute approximate surface area is 527 Å². The highest BCUT2D eigenvalue weighted by molar-refractivity contribution is 7.80. The van der Waals surface area contributed by atoms with Crippen molar-refractivity contribution < 1.29 is 129 Å². The molecule has 40 N–H and O–H groups in total.